The maximum atomic E-state index is 6.39. The van der Waals surface area contributed by atoms with Crippen molar-refractivity contribution < 1.29 is 4.74 Å². The van der Waals surface area contributed by atoms with Crippen molar-refractivity contribution in [3.05, 3.63) is 35.9 Å². The summed E-state index contributed by atoms with van der Waals surface area (Å²) in [5.41, 5.74) is 1.42. The fourth-order valence-electron chi connectivity index (χ4n) is 3.27. The number of halogens is 1. The van der Waals surface area contributed by atoms with Crippen molar-refractivity contribution >= 4 is 15.9 Å². The summed E-state index contributed by atoms with van der Waals surface area (Å²) < 4.78 is 6.39. The van der Waals surface area contributed by atoms with E-state index < -0.39 is 0 Å². The summed E-state index contributed by atoms with van der Waals surface area (Å²) in [6.45, 7) is 4.57. The molecular formula is C18H27BrO. The van der Waals surface area contributed by atoms with E-state index >= 15 is 0 Å². The van der Waals surface area contributed by atoms with E-state index in [4.69, 9.17) is 4.74 Å². The molecule has 1 fully saturated rings. The standard InChI is InChI=1S/C18H27BrO/c1-3-15(4-2)18-13-16(19)12-17(20-18)11-10-14-8-6-5-7-9-14/h5-9,15-18H,3-4,10-13H2,1-2H3/t16-,17+,18+/m1/s1. The Morgan fingerprint density at radius 1 is 1.15 bits per heavy atom. The molecule has 20 heavy (non-hydrogen) atoms. The third-order valence-corrected chi connectivity index (χ3v) is 5.29. The van der Waals surface area contributed by atoms with Gasteiger partial charge in [-0.05, 0) is 37.2 Å². The minimum Gasteiger partial charge on any atom is -0.375 e. The van der Waals surface area contributed by atoms with Gasteiger partial charge in [0.2, 0.25) is 0 Å². The van der Waals surface area contributed by atoms with Crippen LogP contribution in [-0.4, -0.2) is 17.0 Å². The maximum Gasteiger partial charge on any atom is 0.0617 e. The molecule has 112 valence electrons. The molecule has 3 atom stereocenters. The number of ether oxygens (including phenoxy) is 1. The van der Waals surface area contributed by atoms with Crippen molar-refractivity contribution in [2.45, 2.75) is 69.4 Å². The van der Waals surface area contributed by atoms with Gasteiger partial charge in [0.05, 0.1) is 12.2 Å². The van der Waals surface area contributed by atoms with Crippen LogP contribution in [0, 0.1) is 5.92 Å². The van der Waals surface area contributed by atoms with Gasteiger partial charge in [-0.25, -0.2) is 0 Å². The van der Waals surface area contributed by atoms with Crippen LogP contribution in [-0.2, 0) is 11.2 Å². The van der Waals surface area contributed by atoms with Crippen molar-refractivity contribution in [1.29, 1.82) is 0 Å². The molecule has 0 radical (unpaired) electrons. The fourth-order valence-corrected chi connectivity index (χ4v) is 4.05. The van der Waals surface area contributed by atoms with Crippen LogP contribution < -0.4 is 0 Å². The van der Waals surface area contributed by atoms with E-state index in [1.165, 1.54) is 24.8 Å². The smallest absolute Gasteiger partial charge is 0.0617 e. The lowest BCUT2D eigenvalue weighted by Gasteiger charge is -2.37. The van der Waals surface area contributed by atoms with Crippen LogP contribution in [0.1, 0.15) is 51.5 Å². The lowest BCUT2D eigenvalue weighted by molar-refractivity contribution is -0.0781. The lowest BCUT2D eigenvalue weighted by Crippen LogP contribution is -2.37. The van der Waals surface area contributed by atoms with Gasteiger partial charge in [0.1, 0.15) is 0 Å². The van der Waals surface area contributed by atoms with E-state index in [9.17, 15) is 0 Å². The molecule has 1 aliphatic heterocycles. The summed E-state index contributed by atoms with van der Waals surface area (Å²) in [7, 11) is 0. The van der Waals surface area contributed by atoms with E-state index in [0.29, 0.717) is 17.0 Å². The predicted molar refractivity (Wildman–Crippen MR) is 89.4 cm³/mol. The quantitative estimate of drug-likeness (QED) is 0.634. The summed E-state index contributed by atoms with van der Waals surface area (Å²) in [5.74, 6) is 0.717. The van der Waals surface area contributed by atoms with Crippen molar-refractivity contribution in [2.24, 2.45) is 5.92 Å². The van der Waals surface area contributed by atoms with Crippen LogP contribution in [0.4, 0.5) is 0 Å². The first-order chi connectivity index (χ1) is 9.72. The average molecular weight is 339 g/mol. The predicted octanol–water partition coefficient (Wildman–Crippen LogP) is 5.37. The average Bonchev–Trinajstić information content (AvgIpc) is 2.47. The first kappa shape index (κ1) is 16.0. The number of rotatable bonds is 6. The number of benzene rings is 1. The normalized spacial score (nSPS) is 26.9. The summed E-state index contributed by atoms with van der Waals surface area (Å²) >= 11 is 3.84. The molecule has 0 aliphatic carbocycles. The Bertz CT molecular complexity index is 374. The van der Waals surface area contributed by atoms with Gasteiger partial charge in [-0.1, -0.05) is 73.0 Å². The van der Waals surface area contributed by atoms with Crippen LogP contribution in [0.15, 0.2) is 30.3 Å². The second kappa shape index (κ2) is 8.19. The summed E-state index contributed by atoms with van der Waals surface area (Å²) in [6, 6.07) is 10.8. The Labute approximate surface area is 132 Å². The molecule has 1 saturated heterocycles. The highest BCUT2D eigenvalue weighted by Crippen LogP contribution is 2.33. The summed E-state index contributed by atoms with van der Waals surface area (Å²) in [5, 5.41) is 0. The summed E-state index contributed by atoms with van der Waals surface area (Å²) in [6.07, 6.45) is 7.92. The van der Waals surface area contributed by atoms with Gasteiger partial charge in [-0.15, -0.1) is 0 Å². The minimum atomic E-state index is 0.416. The van der Waals surface area contributed by atoms with Crippen LogP contribution in [0.3, 0.4) is 0 Å². The van der Waals surface area contributed by atoms with Crippen molar-refractivity contribution in [3.63, 3.8) is 0 Å². The molecule has 1 aromatic rings. The highest BCUT2D eigenvalue weighted by Gasteiger charge is 2.31. The van der Waals surface area contributed by atoms with Crippen LogP contribution in [0.5, 0.6) is 0 Å². The Kier molecular flexibility index (Phi) is 6.57. The van der Waals surface area contributed by atoms with Gasteiger partial charge >= 0.3 is 0 Å². The molecular weight excluding hydrogens is 312 g/mol. The fraction of sp³-hybridized carbons (Fsp3) is 0.667. The molecule has 0 N–H and O–H groups in total. The Balaban J connectivity index is 1.88. The number of alkyl halides is 1. The molecule has 0 amide bonds. The number of hydrogen-bond acceptors (Lipinski definition) is 1. The van der Waals surface area contributed by atoms with Gasteiger partial charge in [0.25, 0.3) is 0 Å². The largest absolute Gasteiger partial charge is 0.375 e. The third-order valence-electron chi connectivity index (χ3n) is 4.55. The van der Waals surface area contributed by atoms with Crippen molar-refractivity contribution in [3.8, 4) is 0 Å². The highest BCUT2D eigenvalue weighted by atomic mass is 79.9. The first-order valence-electron chi connectivity index (χ1n) is 8.06. The highest BCUT2D eigenvalue weighted by molar-refractivity contribution is 9.09. The molecule has 0 spiro atoms. The topological polar surface area (TPSA) is 9.23 Å². The van der Waals surface area contributed by atoms with Gasteiger partial charge < -0.3 is 4.74 Å². The molecule has 2 rings (SSSR count). The van der Waals surface area contributed by atoms with E-state index in [1.54, 1.807) is 0 Å². The Morgan fingerprint density at radius 3 is 2.50 bits per heavy atom. The molecule has 2 heteroatoms. The second-order valence-corrected chi connectivity index (χ2v) is 7.26. The van der Waals surface area contributed by atoms with E-state index in [2.05, 4.69) is 60.1 Å². The van der Waals surface area contributed by atoms with Gasteiger partial charge in [0, 0.05) is 4.83 Å². The SMILES string of the molecule is CCC(CC)[C@@H]1C[C@H](Br)C[C@H](CCc2ccccc2)O1. The molecule has 0 bridgehead atoms. The van der Waals surface area contributed by atoms with E-state index in [1.807, 2.05) is 0 Å². The van der Waals surface area contributed by atoms with Gasteiger partial charge in [0.15, 0.2) is 0 Å². The third kappa shape index (κ3) is 4.60. The molecule has 1 nitrogen and oxygen atoms in total. The molecule has 0 aromatic heterocycles. The molecule has 1 heterocycles. The zero-order valence-corrected chi connectivity index (χ0v) is 14.3. The zero-order valence-electron chi connectivity index (χ0n) is 12.7. The summed E-state index contributed by atoms with van der Waals surface area (Å²) in [4.78, 5) is 0.627. The maximum absolute atomic E-state index is 6.39. The van der Waals surface area contributed by atoms with Gasteiger partial charge in [-0.3, -0.25) is 0 Å². The molecule has 0 saturated carbocycles. The van der Waals surface area contributed by atoms with Crippen LogP contribution in [0.25, 0.3) is 0 Å². The van der Waals surface area contributed by atoms with Crippen LogP contribution >= 0.6 is 15.9 Å². The monoisotopic (exact) mass is 338 g/mol. The second-order valence-electron chi connectivity index (χ2n) is 5.97. The minimum absolute atomic E-state index is 0.416. The zero-order chi connectivity index (χ0) is 14.4. The van der Waals surface area contributed by atoms with Crippen molar-refractivity contribution in [2.75, 3.05) is 0 Å². The number of aryl methyl sites for hydroxylation is 1. The Hall–Kier alpha value is -0.340. The Morgan fingerprint density at radius 2 is 1.85 bits per heavy atom. The van der Waals surface area contributed by atoms with E-state index in [0.717, 1.165) is 25.2 Å². The number of hydrogen-bond donors (Lipinski definition) is 0. The molecule has 1 aromatic carbocycles. The molecule has 0 unspecified atom stereocenters. The van der Waals surface area contributed by atoms with Gasteiger partial charge in [-0.2, -0.15) is 0 Å². The first-order valence-corrected chi connectivity index (χ1v) is 8.97. The van der Waals surface area contributed by atoms with E-state index in [-0.39, 0.29) is 0 Å². The molecule has 1 aliphatic rings. The lowest BCUT2D eigenvalue weighted by atomic mass is 9.89. The van der Waals surface area contributed by atoms with Crippen LogP contribution in [0.2, 0.25) is 0 Å². The van der Waals surface area contributed by atoms with Crippen molar-refractivity contribution in [1.82, 2.24) is 0 Å².